The number of amides is 5. The summed E-state index contributed by atoms with van der Waals surface area (Å²) in [6.07, 6.45) is 2.10. The average Bonchev–Trinajstić information content (AvgIpc) is 3.00. The maximum Gasteiger partial charge on any atom is 0.325 e. The lowest BCUT2D eigenvalue weighted by atomic mass is 9.76. The second kappa shape index (κ2) is 8.69. The molecule has 1 aliphatic heterocycles. The highest BCUT2D eigenvalue weighted by Crippen LogP contribution is 2.39. The molecule has 1 spiro atoms. The topological polar surface area (TPSA) is 108 Å². The van der Waals surface area contributed by atoms with Gasteiger partial charge in [-0.3, -0.25) is 19.3 Å². The number of urea groups is 1. The van der Waals surface area contributed by atoms with Crippen molar-refractivity contribution in [2.75, 3.05) is 18.4 Å². The van der Waals surface area contributed by atoms with Gasteiger partial charge in [-0.15, -0.1) is 0 Å². The molecule has 8 nitrogen and oxygen atoms in total. The van der Waals surface area contributed by atoms with Crippen LogP contribution in [0, 0.1) is 20.8 Å². The number of nitrogens with one attached hydrogen (secondary N) is 3. The Morgan fingerprint density at radius 1 is 1.06 bits per heavy atom. The third kappa shape index (κ3) is 4.20. The average molecular weight is 449 g/mol. The van der Waals surface area contributed by atoms with Crippen molar-refractivity contribution in [2.45, 2.75) is 45.6 Å². The number of benzene rings is 2. The molecule has 172 valence electrons. The van der Waals surface area contributed by atoms with Crippen molar-refractivity contribution >= 4 is 29.4 Å². The van der Waals surface area contributed by atoms with Gasteiger partial charge >= 0.3 is 6.03 Å². The van der Waals surface area contributed by atoms with Gasteiger partial charge in [0.2, 0.25) is 11.8 Å². The summed E-state index contributed by atoms with van der Waals surface area (Å²) in [6.45, 7) is 5.10. The van der Waals surface area contributed by atoms with Crippen LogP contribution in [-0.4, -0.2) is 41.7 Å². The van der Waals surface area contributed by atoms with Crippen LogP contribution in [0.4, 0.5) is 10.5 Å². The number of carbonyl (C=O) groups is 4. The number of nitrogens with zero attached hydrogens (tertiary/aromatic N) is 1. The molecule has 0 unspecified atom stereocenters. The number of hydrogen-bond acceptors (Lipinski definition) is 4. The molecule has 4 rings (SSSR count). The molecule has 5 amide bonds. The highest BCUT2D eigenvalue weighted by molar-refractivity contribution is 6.09. The van der Waals surface area contributed by atoms with E-state index in [1.165, 1.54) is 0 Å². The van der Waals surface area contributed by atoms with E-state index in [4.69, 9.17) is 0 Å². The van der Waals surface area contributed by atoms with E-state index in [0.717, 1.165) is 45.6 Å². The Balaban J connectivity index is 1.38. The number of rotatable bonds is 5. The van der Waals surface area contributed by atoms with Gasteiger partial charge in [-0.05, 0) is 62.3 Å². The molecule has 0 bridgehead atoms. The first kappa shape index (κ1) is 22.5. The summed E-state index contributed by atoms with van der Waals surface area (Å²) in [5, 5.41) is 8.15. The molecule has 1 fully saturated rings. The van der Waals surface area contributed by atoms with Crippen LogP contribution in [-0.2, 0) is 26.3 Å². The number of aryl methyl sites for hydroxylation is 4. The van der Waals surface area contributed by atoms with Crippen LogP contribution in [0.5, 0.6) is 0 Å². The van der Waals surface area contributed by atoms with Crippen molar-refractivity contribution in [1.29, 1.82) is 0 Å². The molecule has 33 heavy (non-hydrogen) atoms. The maximum absolute atomic E-state index is 13.3. The van der Waals surface area contributed by atoms with Crippen LogP contribution in [0.1, 0.15) is 40.7 Å². The van der Waals surface area contributed by atoms with Crippen molar-refractivity contribution in [1.82, 2.24) is 15.5 Å². The number of fused-ring (bicyclic) bond motifs is 2. The molecule has 2 aliphatic rings. The predicted molar refractivity (Wildman–Crippen MR) is 124 cm³/mol. The standard InChI is InChI=1S/C25H28N4O4/c1-15-11-16(2)22(17(3)12-15)27-20(30)13-26-21(31)14-29-23(32)25(28-24(29)33)10-6-8-18-7-4-5-9-19(18)25/h4-5,7,9,11-12H,6,8,10,13-14H2,1-3H3,(H,26,31)(H,27,30)(H,28,33)/t25-/m0/s1. The van der Waals surface area contributed by atoms with Gasteiger partial charge in [0.25, 0.3) is 5.91 Å². The lowest BCUT2D eigenvalue weighted by Gasteiger charge is -2.33. The molecule has 1 aliphatic carbocycles. The van der Waals surface area contributed by atoms with Crippen LogP contribution >= 0.6 is 0 Å². The number of hydrogen-bond donors (Lipinski definition) is 3. The number of anilines is 1. The smallest absolute Gasteiger partial charge is 0.325 e. The summed E-state index contributed by atoms with van der Waals surface area (Å²) in [5.41, 5.74) is 4.39. The Labute approximate surface area is 192 Å². The van der Waals surface area contributed by atoms with E-state index in [2.05, 4.69) is 16.0 Å². The monoisotopic (exact) mass is 448 g/mol. The second-order valence-corrected chi connectivity index (χ2v) is 8.84. The summed E-state index contributed by atoms with van der Waals surface area (Å²) in [5.74, 6) is -1.38. The van der Waals surface area contributed by atoms with Gasteiger partial charge in [0.1, 0.15) is 12.1 Å². The second-order valence-electron chi connectivity index (χ2n) is 8.84. The van der Waals surface area contributed by atoms with Gasteiger partial charge in [-0.25, -0.2) is 4.79 Å². The van der Waals surface area contributed by atoms with Crippen LogP contribution in [0.25, 0.3) is 0 Å². The molecule has 0 aromatic heterocycles. The maximum atomic E-state index is 13.3. The van der Waals surface area contributed by atoms with E-state index in [1.54, 1.807) is 0 Å². The van der Waals surface area contributed by atoms with E-state index in [1.807, 2.05) is 57.2 Å². The zero-order valence-corrected chi connectivity index (χ0v) is 19.1. The summed E-state index contributed by atoms with van der Waals surface area (Å²) >= 11 is 0. The zero-order chi connectivity index (χ0) is 23.8. The Bertz CT molecular complexity index is 1140. The number of carbonyl (C=O) groups excluding carboxylic acids is 4. The van der Waals surface area contributed by atoms with Crippen molar-refractivity contribution in [2.24, 2.45) is 0 Å². The van der Waals surface area contributed by atoms with Crippen LogP contribution in [0.2, 0.25) is 0 Å². The highest BCUT2D eigenvalue weighted by atomic mass is 16.2. The van der Waals surface area contributed by atoms with Crippen molar-refractivity contribution in [3.63, 3.8) is 0 Å². The molecule has 8 heteroatoms. The fraction of sp³-hybridized carbons (Fsp3) is 0.360. The van der Waals surface area contributed by atoms with E-state index in [-0.39, 0.29) is 12.5 Å². The fourth-order valence-corrected chi connectivity index (χ4v) is 4.89. The van der Waals surface area contributed by atoms with Gasteiger partial charge in [-0.1, -0.05) is 42.0 Å². The van der Waals surface area contributed by atoms with Crippen molar-refractivity contribution in [3.05, 3.63) is 64.2 Å². The Hall–Kier alpha value is -3.68. The van der Waals surface area contributed by atoms with Crippen LogP contribution < -0.4 is 16.0 Å². The molecule has 2 aromatic rings. The van der Waals surface area contributed by atoms with Gasteiger partial charge in [-0.2, -0.15) is 0 Å². The lowest BCUT2D eigenvalue weighted by molar-refractivity contribution is -0.135. The molecule has 1 atom stereocenters. The van der Waals surface area contributed by atoms with Crippen LogP contribution in [0.15, 0.2) is 36.4 Å². The largest absolute Gasteiger partial charge is 0.345 e. The molecular formula is C25H28N4O4. The normalized spacial score (nSPS) is 19.3. The summed E-state index contributed by atoms with van der Waals surface area (Å²) in [6, 6.07) is 10.9. The minimum atomic E-state index is -1.12. The van der Waals surface area contributed by atoms with E-state index in [0.29, 0.717) is 12.1 Å². The van der Waals surface area contributed by atoms with Crippen molar-refractivity contribution in [3.8, 4) is 0 Å². The first-order chi connectivity index (χ1) is 15.7. The minimum absolute atomic E-state index is 0.261. The Morgan fingerprint density at radius 2 is 1.76 bits per heavy atom. The molecule has 0 radical (unpaired) electrons. The summed E-state index contributed by atoms with van der Waals surface area (Å²) in [4.78, 5) is 51.7. The Morgan fingerprint density at radius 3 is 2.48 bits per heavy atom. The molecule has 1 saturated heterocycles. The van der Waals surface area contributed by atoms with Gasteiger partial charge in [0.15, 0.2) is 0 Å². The molecule has 1 heterocycles. The number of imide groups is 1. The fourth-order valence-electron chi connectivity index (χ4n) is 4.89. The molecular weight excluding hydrogens is 420 g/mol. The Kier molecular flexibility index (Phi) is 5.93. The molecule has 3 N–H and O–H groups in total. The summed E-state index contributed by atoms with van der Waals surface area (Å²) in [7, 11) is 0. The molecule has 0 saturated carbocycles. The van der Waals surface area contributed by atoms with Gasteiger partial charge in [0.05, 0.1) is 6.54 Å². The third-order valence-corrected chi connectivity index (χ3v) is 6.34. The molecule has 2 aromatic carbocycles. The van der Waals surface area contributed by atoms with Gasteiger partial charge in [0, 0.05) is 5.69 Å². The minimum Gasteiger partial charge on any atom is -0.345 e. The predicted octanol–water partition coefficient (Wildman–Crippen LogP) is 2.45. The lowest BCUT2D eigenvalue weighted by Crippen LogP contribution is -2.47. The van der Waals surface area contributed by atoms with Gasteiger partial charge < -0.3 is 16.0 Å². The third-order valence-electron chi connectivity index (χ3n) is 6.34. The van der Waals surface area contributed by atoms with E-state index in [9.17, 15) is 19.2 Å². The zero-order valence-electron chi connectivity index (χ0n) is 19.1. The summed E-state index contributed by atoms with van der Waals surface area (Å²) < 4.78 is 0. The van der Waals surface area contributed by atoms with E-state index < -0.39 is 29.9 Å². The first-order valence-corrected chi connectivity index (χ1v) is 11.1. The SMILES string of the molecule is Cc1cc(C)c(NC(=O)CNC(=O)CN2C(=O)N[C@]3(CCCc4ccccc43)C2=O)c(C)c1. The van der Waals surface area contributed by atoms with Crippen LogP contribution in [0.3, 0.4) is 0 Å². The van der Waals surface area contributed by atoms with Crippen molar-refractivity contribution < 1.29 is 19.2 Å². The first-order valence-electron chi connectivity index (χ1n) is 11.1. The van der Waals surface area contributed by atoms with E-state index >= 15 is 0 Å². The quantitative estimate of drug-likeness (QED) is 0.611. The highest BCUT2D eigenvalue weighted by Gasteiger charge is 2.54.